The van der Waals surface area contributed by atoms with E-state index in [1.807, 2.05) is 0 Å². The molecule has 0 N–H and O–H groups in total. The molecular formula is C8H11. The zero-order chi connectivity index (χ0) is 5.40. The topological polar surface area (TPSA) is 0 Å². The first kappa shape index (κ1) is 4.60. The standard InChI is InChI=1S/C8H11/c1-3-7-5-2-6-8(7)4-1/h1,3-4,7-8H,2,5-6H2. The molecule has 0 amide bonds. The van der Waals surface area contributed by atoms with E-state index in [-0.39, 0.29) is 0 Å². The average Bonchev–Trinajstić information content (AvgIpc) is 2.15. The second-order valence-electron chi connectivity index (χ2n) is 2.84. The number of fused-ring (bicyclic) bond motifs is 1. The van der Waals surface area contributed by atoms with Crippen LogP contribution in [0.15, 0.2) is 12.2 Å². The van der Waals surface area contributed by atoms with Crippen molar-refractivity contribution in [2.45, 2.75) is 19.3 Å². The predicted molar refractivity (Wildman–Crippen MR) is 34.3 cm³/mol. The number of rotatable bonds is 0. The van der Waals surface area contributed by atoms with E-state index in [1.165, 1.54) is 19.3 Å². The molecule has 2 aliphatic carbocycles. The Labute approximate surface area is 50.6 Å². The third-order valence-electron chi connectivity index (χ3n) is 2.34. The molecule has 2 aliphatic rings. The van der Waals surface area contributed by atoms with Crippen molar-refractivity contribution in [1.82, 2.24) is 0 Å². The van der Waals surface area contributed by atoms with Gasteiger partial charge < -0.3 is 0 Å². The summed E-state index contributed by atoms with van der Waals surface area (Å²) in [6, 6.07) is 0. The van der Waals surface area contributed by atoms with Crippen molar-refractivity contribution >= 4 is 0 Å². The minimum atomic E-state index is 0.940. The zero-order valence-corrected chi connectivity index (χ0v) is 5.01. The SMILES string of the molecule is [CH]1C=CC2CCCC12. The van der Waals surface area contributed by atoms with Crippen LogP contribution in [0.3, 0.4) is 0 Å². The minimum Gasteiger partial charge on any atom is -0.0848 e. The van der Waals surface area contributed by atoms with Crippen LogP contribution in [0.1, 0.15) is 19.3 Å². The van der Waals surface area contributed by atoms with Crippen LogP contribution in [0.4, 0.5) is 0 Å². The van der Waals surface area contributed by atoms with Crippen molar-refractivity contribution in [2.24, 2.45) is 11.8 Å². The van der Waals surface area contributed by atoms with Crippen LogP contribution in [0, 0.1) is 18.3 Å². The van der Waals surface area contributed by atoms with Gasteiger partial charge >= 0.3 is 0 Å². The highest BCUT2D eigenvalue weighted by molar-refractivity contribution is 5.14. The molecule has 2 rings (SSSR count). The quantitative estimate of drug-likeness (QED) is 0.445. The Hall–Kier alpha value is -0.260. The summed E-state index contributed by atoms with van der Waals surface area (Å²) in [4.78, 5) is 0. The zero-order valence-electron chi connectivity index (χ0n) is 5.01. The third kappa shape index (κ3) is 0.521. The highest BCUT2D eigenvalue weighted by atomic mass is 14.3. The molecule has 1 radical (unpaired) electrons. The van der Waals surface area contributed by atoms with Gasteiger partial charge in [-0.25, -0.2) is 0 Å². The van der Waals surface area contributed by atoms with E-state index in [1.54, 1.807) is 0 Å². The Morgan fingerprint density at radius 3 is 2.88 bits per heavy atom. The smallest absolute Gasteiger partial charge is 0.0134 e. The fourth-order valence-corrected chi connectivity index (χ4v) is 1.84. The predicted octanol–water partition coefficient (Wildman–Crippen LogP) is 2.18. The normalized spacial score (nSPS) is 43.0. The molecule has 0 bridgehead atoms. The van der Waals surface area contributed by atoms with Crippen LogP contribution < -0.4 is 0 Å². The molecule has 0 nitrogen and oxygen atoms in total. The summed E-state index contributed by atoms with van der Waals surface area (Å²) in [5.74, 6) is 1.88. The molecule has 0 heteroatoms. The van der Waals surface area contributed by atoms with Gasteiger partial charge in [0.2, 0.25) is 0 Å². The lowest BCUT2D eigenvalue weighted by atomic mass is 10.0. The molecule has 0 saturated heterocycles. The van der Waals surface area contributed by atoms with Crippen LogP contribution in [-0.4, -0.2) is 0 Å². The van der Waals surface area contributed by atoms with Gasteiger partial charge in [-0.15, -0.1) is 0 Å². The van der Waals surface area contributed by atoms with Crippen molar-refractivity contribution in [3.8, 4) is 0 Å². The van der Waals surface area contributed by atoms with Crippen LogP contribution in [-0.2, 0) is 0 Å². The molecule has 0 heterocycles. The largest absolute Gasteiger partial charge is 0.0848 e. The summed E-state index contributed by atoms with van der Waals surface area (Å²) >= 11 is 0. The van der Waals surface area contributed by atoms with Gasteiger partial charge in [-0.2, -0.15) is 0 Å². The molecule has 0 aromatic rings. The second kappa shape index (κ2) is 1.61. The molecule has 43 valence electrons. The molecule has 1 saturated carbocycles. The van der Waals surface area contributed by atoms with Gasteiger partial charge in [0, 0.05) is 0 Å². The van der Waals surface area contributed by atoms with Gasteiger partial charge in [-0.3, -0.25) is 0 Å². The second-order valence-corrected chi connectivity index (χ2v) is 2.84. The van der Waals surface area contributed by atoms with Gasteiger partial charge in [0.25, 0.3) is 0 Å². The maximum atomic E-state index is 2.36. The van der Waals surface area contributed by atoms with Crippen molar-refractivity contribution in [1.29, 1.82) is 0 Å². The highest BCUT2D eigenvalue weighted by Gasteiger charge is 2.27. The summed E-state index contributed by atoms with van der Waals surface area (Å²) in [6.07, 6.45) is 11.3. The lowest BCUT2D eigenvalue weighted by molar-refractivity contribution is 0.560. The van der Waals surface area contributed by atoms with Crippen LogP contribution in [0.25, 0.3) is 0 Å². The van der Waals surface area contributed by atoms with Crippen molar-refractivity contribution < 1.29 is 0 Å². The third-order valence-corrected chi connectivity index (χ3v) is 2.34. The Balaban J connectivity index is 2.13. The molecule has 8 heavy (non-hydrogen) atoms. The van der Waals surface area contributed by atoms with Crippen LogP contribution >= 0.6 is 0 Å². The number of allylic oxidation sites excluding steroid dienone is 2. The summed E-state index contributed by atoms with van der Waals surface area (Å²) < 4.78 is 0. The molecule has 0 aromatic heterocycles. The molecular weight excluding hydrogens is 96.1 g/mol. The Morgan fingerprint density at radius 2 is 2.00 bits per heavy atom. The Bertz CT molecular complexity index is 113. The Kier molecular flexibility index (Phi) is 0.927. The monoisotopic (exact) mass is 107 g/mol. The van der Waals surface area contributed by atoms with E-state index in [0.717, 1.165) is 11.8 Å². The van der Waals surface area contributed by atoms with Crippen LogP contribution in [0.5, 0.6) is 0 Å². The van der Waals surface area contributed by atoms with Crippen molar-refractivity contribution in [3.63, 3.8) is 0 Å². The molecule has 2 atom stereocenters. The van der Waals surface area contributed by atoms with Gasteiger partial charge in [0.05, 0.1) is 0 Å². The summed E-state index contributed by atoms with van der Waals surface area (Å²) in [5, 5.41) is 0. The summed E-state index contributed by atoms with van der Waals surface area (Å²) in [6.45, 7) is 0. The van der Waals surface area contributed by atoms with Gasteiger partial charge in [-0.1, -0.05) is 18.6 Å². The fourth-order valence-electron chi connectivity index (χ4n) is 1.84. The van der Waals surface area contributed by atoms with Gasteiger partial charge in [0.1, 0.15) is 0 Å². The molecule has 0 aliphatic heterocycles. The van der Waals surface area contributed by atoms with Gasteiger partial charge in [0.15, 0.2) is 0 Å². The first-order chi connectivity index (χ1) is 3.97. The van der Waals surface area contributed by atoms with E-state index >= 15 is 0 Å². The molecule has 1 fully saturated rings. The molecule has 0 aromatic carbocycles. The average molecular weight is 107 g/mol. The fraction of sp³-hybridized carbons (Fsp3) is 0.625. The van der Waals surface area contributed by atoms with Crippen molar-refractivity contribution in [2.75, 3.05) is 0 Å². The van der Waals surface area contributed by atoms with E-state index in [4.69, 9.17) is 0 Å². The lowest BCUT2D eigenvalue weighted by Crippen LogP contribution is -1.96. The Morgan fingerprint density at radius 1 is 1.12 bits per heavy atom. The molecule has 0 spiro atoms. The maximum Gasteiger partial charge on any atom is -0.0134 e. The first-order valence-corrected chi connectivity index (χ1v) is 3.48. The van der Waals surface area contributed by atoms with E-state index < -0.39 is 0 Å². The van der Waals surface area contributed by atoms with E-state index in [0.29, 0.717) is 0 Å². The van der Waals surface area contributed by atoms with E-state index in [9.17, 15) is 0 Å². The lowest BCUT2D eigenvalue weighted by Gasteiger charge is -2.04. The number of hydrogen-bond donors (Lipinski definition) is 0. The molecule has 2 unspecified atom stereocenters. The van der Waals surface area contributed by atoms with E-state index in [2.05, 4.69) is 18.6 Å². The summed E-state index contributed by atoms with van der Waals surface area (Å²) in [7, 11) is 0. The summed E-state index contributed by atoms with van der Waals surface area (Å²) in [5.41, 5.74) is 0. The first-order valence-electron chi connectivity index (χ1n) is 3.48. The maximum absolute atomic E-state index is 2.36. The van der Waals surface area contributed by atoms with Crippen LogP contribution in [0.2, 0.25) is 0 Å². The minimum absolute atomic E-state index is 0.940. The van der Waals surface area contributed by atoms with Gasteiger partial charge in [-0.05, 0) is 31.1 Å². The highest BCUT2D eigenvalue weighted by Crippen LogP contribution is 2.38. The number of hydrogen-bond acceptors (Lipinski definition) is 0. The van der Waals surface area contributed by atoms with Crippen molar-refractivity contribution in [3.05, 3.63) is 18.6 Å².